The van der Waals surface area contributed by atoms with Gasteiger partial charge in [0.25, 0.3) is 0 Å². The summed E-state index contributed by atoms with van der Waals surface area (Å²) in [5, 5.41) is 7.34. The van der Waals surface area contributed by atoms with Gasteiger partial charge in [-0.15, -0.1) is 11.3 Å². The number of aromatic nitrogens is 3. The molecule has 0 unspecified atom stereocenters. The van der Waals surface area contributed by atoms with E-state index in [0.717, 1.165) is 33.1 Å². The van der Waals surface area contributed by atoms with Crippen molar-refractivity contribution in [1.82, 2.24) is 14.8 Å². The Bertz CT molecular complexity index is 603. The van der Waals surface area contributed by atoms with Crippen LogP contribution >= 0.6 is 27.3 Å². The van der Waals surface area contributed by atoms with Crippen LogP contribution < -0.4 is 0 Å². The first kappa shape index (κ1) is 14.4. The van der Waals surface area contributed by atoms with Crippen molar-refractivity contribution >= 4 is 33.0 Å². The molecular formula is C13H16BrN3OS. The highest BCUT2D eigenvalue weighted by atomic mass is 79.9. The Labute approximate surface area is 125 Å². The van der Waals surface area contributed by atoms with Crippen molar-refractivity contribution < 1.29 is 4.79 Å². The zero-order valence-electron chi connectivity index (χ0n) is 11.2. The highest BCUT2D eigenvalue weighted by Gasteiger charge is 2.16. The third-order valence-corrected chi connectivity index (χ3v) is 4.72. The van der Waals surface area contributed by atoms with E-state index >= 15 is 0 Å². The molecular weight excluding hydrogens is 326 g/mol. The standard InChI is InChI=1S/C13H16BrN3OS/c1-4-17-12(13(14)8(2)16-17)6-11(18)5-10-7-19-9(3)15-10/h7H,4-6H2,1-3H3. The number of aryl methyl sites for hydroxylation is 3. The molecule has 0 aromatic carbocycles. The van der Waals surface area contributed by atoms with Crippen LogP contribution in [0.5, 0.6) is 0 Å². The molecule has 0 saturated heterocycles. The Hall–Kier alpha value is -1.01. The number of nitrogens with zero attached hydrogens (tertiary/aromatic N) is 3. The number of rotatable bonds is 5. The summed E-state index contributed by atoms with van der Waals surface area (Å²) in [5.74, 6) is 0.167. The highest BCUT2D eigenvalue weighted by molar-refractivity contribution is 9.10. The molecule has 6 heteroatoms. The van der Waals surface area contributed by atoms with Crippen LogP contribution in [0.4, 0.5) is 0 Å². The first-order valence-electron chi connectivity index (χ1n) is 6.15. The molecule has 0 saturated carbocycles. The van der Waals surface area contributed by atoms with E-state index in [-0.39, 0.29) is 5.78 Å². The maximum absolute atomic E-state index is 12.1. The molecule has 4 nitrogen and oxygen atoms in total. The second-order valence-corrected chi connectivity index (χ2v) is 6.27. The van der Waals surface area contributed by atoms with E-state index in [1.807, 2.05) is 30.8 Å². The van der Waals surface area contributed by atoms with E-state index in [2.05, 4.69) is 26.0 Å². The van der Waals surface area contributed by atoms with Crippen molar-refractivity contribution in [2.45, 2.75) is 40.2 Å². The molecule has 0 bridgehead atoms. The van der Waals surface area contributed by atoms with E-state index in [4.69, 9.17) is 0 Å². The number of carbonyl (C=O) groups excluding carboxylic acids is 1. The number of ketones is 1. The fourth-order valence-electron chi connectivity index (χ4n) is 1.98. The van der Waals surface area contributed by atoms with E-state index in [1.165, 1.54) is 0 Å². The lowest BCUT2D eigenvalue weighted by molar-refractivity contribution is -0.117. The fourth-order valence-corrected chi connectivity index (χ4v) is 3.02. The molecule has 0 aliphatic rings. The number of hydrogen-bond acceptors (Lipinski definition) is 4. The molecule has 0 aliphatic carbocycles. The lowest BCUT2D eigenvalue weighted by Crippen LogP contribution is -2.12. The third kappa shape index (κ3) is 3.30. The Morgan fingerprint density at radius 2 is 2.16 bits per heavy atom. The van der Waals surface area contributed by atoms with Gasteiger partial charge in [0.15, 0.2) is 0 Å². The number of thiazole rings is 1. The number of Topliss-reactive ketones (excluding diaryl/α,β-unsaturated/α-hetero) is 1. The van der Waals surface area contributed by atoms with E-state index in [9.17, 15) is 4.79 Å². The minimum Gasteiger partial charge on any atom is -0.299 e. The van der Waals surface area contributed by atoms with Gasteiger partial charge in [-0.05, 0) is 36.7 Å². The van der Waals surface area contributed by atoms with E-state index in [1.54, 1.807) is 11.3 Å². The van der Waals surface area contributed by atoms with Gasteiger partial charge >= 0.3 is 0 Å². The zero-order valence-corrected chi connectivity index (χ0v) is 13.6. The molecule has 0 amide bonds. The second-order valence-electron chi connectivity index (χ2n) is 4.41. The minimum atomic E-state index is 0.167. The third-order valence-electron chi connectivity index (χ3n) is 2.86. The molecule has 2 rings (SSSR count). The van der Waals surface area contributed by atoms with Crippen molar-refractivity contribution in [1.29, 1.82) is 0 Å². The summed E-state index contributed by atoms with van der Waals surface area (Å²) in [4.78, 5) is 16.4. The summed E-state index contributed by atoms with van der Waals surface area (Å²) < 4.78 is 2.82. The largest absolute Gasteiger partial charge is 0.299 e. The van der Waals surface area contributed by atoms with E-state index < -0.39 is 0 Å². The average Bonchev–Trinajstić information content (AvgIpc) is 2.87. The monoisotopic (exact) mass is 341 g/mol. The molecule has 0 N–H and O–H groups in total. The van der Waals surface area contributed by atoms with Crippen molar-refractivity contribution in [2.75, 3.05) is 0 Å². The first-order valence-corrected chi connectivity index (χ1v) is 7.83. The summed E-state index contributed by atoms with van der Waals surface area (Å²) >= 11 is 5.09. The maximum atomic E-state index is 12.1. The van der Waals surface area contributed by atoms with Crippen LogP contribution in [0.3, 0.4) is 0 Å². The fraction of sp³-hybridized carbons (Fsp3) is 0.462. The topological polar surface area (TPSA) is 47.8 Å². The minimum absolute atomic E-state index is 0.167. The van der Waals surface area contributed by atoms with Crippen molar-refractivity contribution in [2.24, 2.45) is 0 Å². The van der Waals surface area contributed by atoms with Gasteiger partial charge in [-0.25, -0.2) is 4.98 Å². The van der Waals surface area contributed by atoms with Crippen LogP contribution in [-0.4, -0.2) is 20.5 Å². The lowest BCUT2D eigenvalue weighted by Gasteiger charge is -2.04. The molecule has 0 fully saturated rings. The van der Waals surface area contributed by atoms with Crippen molar-refractivity contribution in [3.05, 3.63) is 31.9 Å². The van der Waals surface area contributed by atoms with Gasteiger partial charge in [-0.3, -0.25) is 9.48 Å². The van der Waals surface area contributed by atoms with Gasteiger partial charge in [0.2, 0.25) is 0 Å². The van der Waals surface area contributed by atoms with Gasteiger partial charge in [-0.2, -0.15) is 5.10 Å². The summed E-state index contributed by atoms with van der Waals surface area (Å²) in [6.07, 6.45) is 0.788. The van der Waals surface area contributed by atoms with Crippen LogP contribution in [0, 0.1) is 13.8 Å². The Kier molecular flexibility index (Phi) is 4.52. The van der Waals surface area contributed by atoms with Crippen LogP contribution in [0.15, 0.2) is 9.85 Å². The predicted octanol–water partition coefficient (Wildman–Crippen LogP) is 3.09. The molecule has 19 heavy (non-hydrogen) atoms. The van der Waals surface area contributed by atoms with Gasteiger partial charge in [0, 0.05) is 24.8 Å². The maximum Gasteiger partial charge on any atom is 0.144 e. The van der Waals surface area contributed by atoms with Crippen LogP contribution in [0.2, 0.25) is 0 Å². The molecule has 102 valence electrons. The summed E-state index contributed by atoms with van der Waals surface area (Å²) in [5.41, 5.74) is 2.74. The summed E-state index contributed by atoms with van der Waals surface area (Å²) in [6.45, 7) is 6.68. The summed E-state index contributed by atoms with van der Waals surface area (Å²) in [7, 11) is 0. The highest BCUT2D eigenvalue weighted by Crippen LogP contribution is 2.22. The quantitative estimate of drug-likeness (QED) is 0.839. The van der Waals surface area contributed by atoms with E-state index in [0.29, 0.717) is 12.8 Å². The average molecular weight is 342 g/mol. The SMILES string of the molecule is CCn1nc(C)c(Br)c1CC(=O)Cc1csc(C)n1. The molecule has 2 aromatic heterocycles. The summed E-state index contributed by atoms with van der Waals surface area (Å²) in [6, 6.07) is 0. The number of carbonyl (C=O) groups is 1. The van der Waals surface area contributed by atoms with Gasteiger partial charge in [-0.1, -0.05) is 0 Å². The first-order chi connectivity index (χ1) is 9.01. The lowest BCUT2D eigenvalue weighted by atomic mass is 10.1. The van der Waals surface area contributed by atoms with Crippen LogP contribution in [-0.2, 0) is 24.2 Å². The van der Waals surface area contributed by atoms with Crippen LogP contribution in [0.1, 0.15) is 29.0 Å². The second kappa shape index (κ2) is 5.96. The number of hydrogen-bond donors (Lipinski definition) is 0. The molecule has 0 radical (unpaired) electrons. The normalized spacial score (nSPS) is 10.9. The predicted molar refractivity (Wildman–Crippen MR) is 79.6 cm³/mol. The zero-order chi connectivity index (χ0) is 14.0. The van der Waals surface area contributed by atoms with Crippen molar-refractivity contribution in [3.8, 4) is 0 Å². The van der Waals surface area contributed by atoms with Crippen molar-refractivity contribution in [3.63, 3.8) is 0 Å². The number of halogens is 1. The van der Waals surface area contributed by atoms with Gasteiger partial charge in [0.05, 0.1) is 26.6 Å². The van der Waals surface area contributed by atoms with Gasteiger partial charge < -0.3 is 0 Å². The molecule has 2 aromatic rings. The smallest absolute Gasteiger partial charge is 0.144 e. The molecule has 0 spiro atoms. The Balaban J connectivity index is 2.10. The molecule has 2 heterocycles. The molecule has 0 aliphatic heterocycles. The van der Waals surface area contributed by atoms with Crippen LogP contribution in [0.25, 0.3) is 0 Å². The Morgan fingerprint density at radius 3 is 2.74 bits per heavy atom. The Morgan fingerprint density at radius 1 is 1.42 bits per heavy atom. The van der Waals surface area contributed by atoms with Gasteiger partial charge in [0.1, 0.15) is 5.78 Å². The molecule has 0 atom stereocenters.